The van der Waals surface area contributed by atoms with Gasteiger partial charge in [0.15, 0.2) is 0 Å². The lowest BCUT2D eigenvalue weighted by Gasteiger charge is -2.25. The maximum Gasteiger partial charge on any atom is 0.0631 e. The molecule has 0 saturated heterocycles. The summed E-state index contributed by atoms with van der Waals surface area (Å²) >= 11 is 0. The van der Waals surface area contributed by atoms with E-state index in [1.807, 2.05) is 10.9 Å². The summed E-state index contributed by atoms with van der Waals surface area (Å²) in [5, 5.41) is 14.1. The van der Waals surface area contributed by atoms with E-state index in [4.69, 9.17) is 0 Å². The molecule has 1 aliphatic carbocycles. The zero-order chi connectivity index (χ0) is 11.6. The Bertz CT molecular complexity index is 337. The van der Waals surface area contributed by atoms with Crippen molar-refractivity contribution in [1.82, 2.24) is 9.78 Å². The highest BCUT2D eigenvalue weighted by molar-refractivity contribution is 5.05. The molecule has 0 unspecified atom stereocenters. The van der Waals surface area contributed by atoms with E-state index in [2.05, 4.69) is 25.0 Å². The first-order valence-corrected chi connectivity index (χ1v) is 6.30. The van der Waals surface area contributed by atoms with E-state index in [-0.39, 0.29) is 5.41 Å². The van der Waals surface area contributed by atoms with Gasteiger partial charge in [0.05, 0.1) is 5.69 Å². The number of aliphatic hydroxyl groups is 1. The summed E-state index contributed by atoms with van der Waals surface area (Å²) in [4.78, 5) is 0. The van der Waals surface area contributed by atoms with Gasteiger partial charge in [-0.05, 0) is 44.6 Å². The fraction of sp³-hybridized carbons (Fsp3) is 0.769. The number of rotatable bonds is 4. The van der Waals surface area contributed by atoms with Gasteiger partial charge in [-0.25, -0.2) is 0 Å². The topological polar surface area (TPSA) is 38.0 Å². The Kier molecular flexibility index (Phi) is 3.33. The second kappa shape index (κ2) is 4.58. The lowest BCUT2D eigenvalue weighted by molar-refractivity contribution is 0.129. The van der Waals surface area contributed by atoms with Crippen molar-refractivity contribution in [2.45, 2.75) is 52.0 Å². The molecule has 1 heterocycles. The number of aromatic nitrogens is 2. The molecule has 3 heteroatoms. The van der Waals surface area contributed by atoms with Crippen molar-refractivity contribution in [3.63, 3.8) is 0 Å². The summed E-state index contributed by atoms with van der Waals surface area (Å²) < 4.78 is 2.00. The largest absolute Gasteiger partial charge is 0.396 e. The van der Waals surface area contributed by atoms with Gasteiger partial charge in [0.25, 0.3) is 0 Å². The summed E-state index contributed by atoms with van der Waals surface area (Å²) in [7, 11) is 0. The van der Waals surface area contributed by atoms with Crippen LogP contribution in [0.2, 0.25) is 0 Å². The highest BCUT2D eigenvalue weighted by Crippen LogP contribution is 2.40. The Balaban J connectivity index is 2.07. The molecular weight excluding hydrogens is 200 g/mol. The van der Waals surface area contributed by atoms with Crippen LogP contribution in [-0.2, 0) is 6.42 Å². The monoisotopic (exact) mass is 222 g/mol. The molecule has 1 aliphatic rings. The lowest BCUT2D eigenvalue weighted by Crippen LogP contribution is -2.24. The molecule has 1 N–H and O–H groups in total. The Morgan fingerprint density at radius 1 is 1.44 bits per heavy atom. The molecule has 1 aromatic heterocycles. The minimum atomic E-state index is 0.121. The number of nitrogens with zero attached hydrogens (tertiary/aromatic N) is 2. The number of hydrogen-bond acceptors (Lipinski definition) is 2. The third-order valence-electron chi connectivity index (χ3n) is 3.75. The molecule has 2 rings (SSSR count). The molecule has 0 aromatic carbocycles. The van der Waals surface area contributed by atoms with Crippen LogP contribution in [0.1, 0.15) is 51.3 Å². The molecule has 0 bridgehead atoms. The summed E-state index contributed by atoms with van der Waals surface area (Å²) in [5.74, 6) is 0. The first-order valence-electron chi connectivity index (χ1n) is 6.30. The van der Waals surface area contributed by atoms with Crippen molar-refractivity contribution < 1.29 is 5.11 Å². The van der Waals surface area contributed by atoms with Gasteiger partial charge < -0.3 is 5.11 Å². The molecule has 3 nitrogen and oxygen atoms in total. The first kappa shape index (κ1) is 11.6. The molecule has 1 saturated carbocycles. The predicted octanol–water partition coefficient (Wildman–Crippen LogP) is 2.56. The van der Waals surface area contributed by atoms with Crippen LogP contribution in [0, 0.1) is 5.41 Å². The lowest BCUT2D eigenvalue weighted by atomic mass is 9.82. The van der Waals surface area contributed by atoms with Crippen molar-refractivity contribution >= 4 is 0 Å². The second-order valence-electron chi connectivity index (χ2n) is 5.42. The van der Waals surface area contributed by atoms with Gasteiger partial charge in [0, 0.05) is 18.8 Å². The average Bonchev–Trinajstić information content (AvgIpc) is 2.88. The number of hydrogen-bond donors (Lipinski definition) is 1. The van der Waals surface area contributed by atoms with Crippen molar-refractivity contribution in [2.24, 2.45) is 5.41 Å². The van der Waals surface area contributed by atoms with Crippen LogP contribution >= 0.6 is 0 Å². The molecular formula is C13H22N2O. The van der Waals surface area contributed by atoms with E-state index < -0.39 is 0 Å². The molecule has 1 aromatic rings. The van der Waals surface area contributed by atoms with Crippen LogP contribution in [0.4, 0.5) is 0 Å². The second-order valence-corrected chi connectivity index (χ2v) is 5.42. The third-order valence-corrected chi connectivity index (χ3v) is 3.75. The Morgan fingerprint density at radius 3 is 2.62 bits per heavy atom. The van der Waals surface area contributed by atoms with Gasteiger partial charge in [0.2, 0.25) is 0 Å². The van der Waals surface area contributed by atoms with Crippen LogP contribution < -0.4 is 0 Å². The molecule has 1 fully saturated rings. The van der Waals surface area contributed by atoms with Gasteiger partial charge in [-0.1, -0.05) is 12.8 Å². The SMILES string of the molecule is CC(C)n1ccc(CC2(CO)CCCC2)n1. The Hall–Kier alpha value is -0.830. The van der Waals surface area contributed by atoms with Crippen LogP contribution in [0.15, 0.2) is 12.3 Å². The maximum atomic E-state index is 9.56. The summed E-state index contributed by atoms with van der Waals surface area (Å²) in [6.45, 7) is 4.57. The van der Waals surface area contributed by atoms with Gasteiger partial charge in [-0.15, -0.1) is 0 Å². The van der Waals surface area contributed by atoms with Gasteiger partial charge >= 0.3 is 0 Å². The smallest absolute Gasteiger partial charge is 0.0631 e. The van der Waals surface area contributed by atoms with Gasteiger partial charge in [0.1, 0.15) is 0 Å². The molecule has 0 spiro atoms. The van der Waals surface area contributed by atoms with E-state index in [1.165, 1.54) is 12.8 Å². The van der Waals surface area contributed by atoms with E-state index in [9.17, 15) is 5.11 Å². The Labute approximate surface area is 97.5 Å². The Morgan fingerprint density at radius 2 is 2.12 bits per heavy atom. The van der Waals surface area contributed by atoms with Gasteiger partial charge in [-0.3, -0.25) is 4.68 Å². The van der Waals surface area contributed by atoms with E-state index in [1.54, 1.807) is 0 Å². The summed E-state index contributed by atoms with van der Waals surface area (Å²) in [6, 6.07) is 2.51. The minimum Gasteiger partial charge on any atom is -0.396 e. The van der Waals surface area contributed by atoms with Crippen LogP contribution in [0.25, 0.3) is 0 Å². The molecule has 0 radical (unpaired) electrons. The fourth-order valence-corrected chi connectivity index (χ4v) is 2.66. The molecule has 0 atom stereocenters. The summed E-state index contributed by atoms with van der Waals surface area (Å²) in [6.07, 6.45) is 7.79. The summed E-state index contributed by atoms with van der Waals surface area (Å²) in [5.41, 5.74) is 1.25. The standard InChI is InChI=1S/C13H22N2O/c1-11(2)15-8-5-12(14-15)9-13(10-16)6-3-4-7-13/h5,8,11,16H,3-4,6-7,9-10H2,1-2H3. The first-order chi connectivity index (χ1) is 7.65. The highest BCUT2D eigenvalue weighted by atomic mass is 16.3. The zero-order valence-corrected chi connectivity index (χ0v) is 10.3. The number of aliphatic hydroxyl groups excluding tert-OH is 1. The molecule has 90 valence electrons. The van der Waals surface area contributed by atoms with E-state index in [0.29, 0.717) is 12.6 Å². The highest BCUT2D eigenvalue weighted by Gasteiger charge is 2.33. The zero-order valence-electron chi connectivity index (χ0n) is 10.3. The van der Waals surface area contributed by atoms with E-state index >= 15 is 0 Å². The third kappa shape index (κ3) is 2.29. The van der Waals surface area contributed by atoms with Gasteiger partial charge in [-0.2, -0.15) is 5.10 Å². The fourth-order valence-electron chi connectivity index (χ4n) is 2.66. The van der Waals surface area contributed by atoms with Crippen molar-refractivity contribution in [3.05, 3.63) is 18.0 Å². The van der Waals surface area contributed by atoms with E-state index in [0.717, 1.165) is 25.0 Å². The van der Waals surface area contributed by atoms with Crippen LogP contribution in [0.5, 0.6) is 0 Å². The maximum absolute atomic E-state index is 9.56. The predicted molar refractivity (Wildman–Crippen MR) is 64.3 cm³/mol. The molecule has 0 aliphatic heterocycles. The van der Waals surface area contributed by atoms with Crippen LogP contribution in [-0.4, -0.2) is 21.5 Å². The van der Waals surface area contributed by atoms with Crippen molar-refractivity contribution in [3.8, 4) is 0 Å². The van der Waals surface area contributed by atoms with Crippen molar-refractivity contribution in [1.29, 1.82) is 0 Å². The quantitative estimate of drug-likeness (QED) is 0.850. The molecule has 16 heavy (non-hydrogen) atoms. The minimum absolute atomic E-state index is 0.121. The average molecular weight is 222 g/mol. The van der Waals surface area contributed by atoms with Crippen LogP contribution in [0.3, 0.4) is 0 Å². The van der Waals surface area contributed by atoms with Crippen molar-refractivity contribution in [2.75, 3.05) is 6.61 Å². The normalized spacial score (nSPS) is 19.5. The molecule has 0 amide bonds.